The first-order valence-electron chi connectivity index (χ1n) is 4.97. The summed E-state index contributed by atoms with van der Waals surface area (Å²) in [6.45, 7) is 5.09. The molecule has 0 aliphatic carbocycles. The molecule has 0 aliphatic rings. The lowest BCUT2D eigenvalue weighted by Gasteiger charge is -2.09. The van der Waals surface area contributed by atoms with Crippen molar-refractivity contribution >= 4 is 11.3 Å². The highest BCUT2D eigenvalue weighted by molar-refractivity contribution is 7.12. The van der Waals surface area contributed by atoms with Gasteiger partial charge in [-0.25, -0.2) is 0 Å². The molecule has 0 saturated carbocycles. The topological polar surface area (TPSA) is 35.8 Å². The molecule has 76 valence electrons. The number of nitrogens with zero attached hydrogens (tertiary/aromatic N) is 1. The highest BCUT2D eigenvalue weighted by Crippen LogP contribution is 2.23. The SMILES string of the molecule is CCc1ccc(C(C)NCCC#N)s1. The van der Waals surface area contributed by atoms with Gasteiger partial charge >= 0.3 is 0 Å². The highest BCUT2D eigenvalue weighted by atomic mass is 32.1. The first-order chi connectivity index (χ1) is 6.77. The second kappa shape index (κ2) is 5.79. The summed E-state index contributed by atoms with van der Waals surface area (Å²) in [5.74, 6) is 0. The Hall–Kier alpha value is -0.850. The minimum Gasteiger partial charge on any atom is -0.308 e. The summed E-state index contributed by atoms with van der Waals surface area (Å²) in [6, 6.07) is 6.86. The van der Waals surface area contributed by atoms with Crippen molar-refractivity contribution in [3.05, 3.63) is 21.9 Å². The van der Waals surface area contributed by atoms with E-state index < -0.39 is 0 Å². The molecule has 0 bridgehead atoms. The lowest BCUT2D eigenvalue weighted by Crippen LogP contribution is -2.18. The van der Waals surface area contributed by atoms with Gasteiger partial charge in [0.15, 0.2) is 0 Å². The number of thiophene rings is 1. The summed E-state index contributed by atoms with van der Waals surface area (Å²) < 4.78 is 0. The number of hydrogen-bond acceptors (Lipinski definition) is 3. The van der Waals surface area contributed by atoms with E-state index in [4.69, 9.17) is 5.26 Å². The van der Waals surface area contributed by atoms with Crippen LogP contribution in [0.4, 0.5) is 0 Å². The Bertz CT molecular complexity index is 311. The van der Waals surface area contributed by atoms with Gasteiger partial charge in [-0.3, -0.25) is 0 Å². The predicted octanol–water partition coefficient (Wildman–Crippen LogP) is 2.87. The van der Waals surface area contributed by atoms with E-state index in [2.05, 4.69) is 37.4 Å². The minimum atomic E-state index is 0.369. The molecule has 0 radical (unpaired) electrons. The highest BCUT2D eigenvalue weighted by Gasteiger charge is 2.06. The van der Waals surface area contributed by atoms with Crippen LogP contribution in [0.1, 0.15) is 36.1 Å². The zero-order valence-corrected chi connectivity index (χ0v) is 9.53. The normalized spacial score (nSPS) is 12.4. The summed E-state index contributed by atoms with van der Waals surface area (Å²) in [5, 5.41) is 11.7. The molecule has 0 aromatic carbocycles. The molecule has 1 aromatic heterocycles. The first-order valence-corrected chi connectivity index (χ1v) is 5.78. The van der Waals surface area contributed by atoms with Crippen molar-refractivity contribution < 1.29 is 0 Å². The van der Waals surface area contributed by atoms with Crippen LogP contribution in [0.25, 0.3) is 0 Å². The largest absolute Gasteiger partial charge is 0.308 e. The number of aryl methyl sites for hydroxylation is 1. The van der Waals surface area contributed by atoms with Crippen LogP contribution in [0.5, 0.6) is 0 Å². The standard InChI is InChI=1S/C11H16N2S/c1-3-10-5-6-11(14-10)9(2)13-8-4-7-12/h5-6,9,13H,3-4,8H2,1-2H3. The Morgan fingerprint density at radius 1 is 1.57 bits per heavy atom. The third kappa shape index (κ3) is 3.13. The molecule has 1 atom stereocenters. The zero-order chi connectivity index (χ0) is 10.4. The quantitative estimate of drug-likeness (QED) is 0.755. The van der Waals surface area contributed by atoms with E-state index in [1.807, 2.05) is 11.3 Å². The second-order valence-electron chi connectivity index (χ2n) is 3.24. The fraction of sp³-hybridized carbons (Fsp3) is 0.545. The van der Waals surface area contributed by atoms with Crippen LogP contribution in [0, 0.1) is 11.3 Å². The molecule has 0 saturated heterocycles. The average molecular weight is 208 g/mol. The summed E-state index contributed by atoms with van der Waals surface area (Å²) in [6.07, 6.45) is 1.69. The molecule has 3 heteroatoms. The fourth-order valence-corrected chi connectivity index (χ4v) is 2.24. The summed E-state index contributed by atoms with van der Waals surface area (Å²) in [5.41, 5.74) is 0. The van der Waals surface area contributed by atoms with Crippen LogP contribution in [0.3, 0.4) is 0 Å². The van der Waals surface area contributed by atoms with Crippen molar-refractivity contribution in [1.29, 1.82) is 5.26 Å². The van der Waals surface area contributed by atoms with Crippen LogP contribution >= 0.6 is 11.3 Å². The average Bonchev–Trinajstić information content (AvgIpc) is 2.66. The maximum Gasteiger partial charge on any atom is 0.0635 e. The van der Waals surface area contributed by atoms with Gasteiger partial charge in [-0.1, -0.05) is 6.92 Å². The molecule has 0 aliphatic heterocycles. The molecule has 0 spiro atoms. The van der Waals surface area contributed by atoms with Crippen molar-refractivity contribution in [2.45, 2.75) is 32.7 Å². The van der Waals surface area contributed by atoms with Gasteiger partial charge in [0.1, 0.15) is 0 Å². The Labute approximate surface area is 89.6 Å². The van der Waals surface area contributed by atoms with Gasteiger partial charge in [-0.15, -0.1) is 11.3 Å². The van der Waals surface area contributed by atoms with Crippen LogP contribution in [-0.2, 0) is 6.42 Å². The number of hydrogen-bond donors (Lipinski definition) is 1. The molecule has 0 amide bonds. The van der Waals surface area contributed by atoms with Crippen molar-refractivity contribution in [2.24, 2.45) is 0 Å². The lowest BCUT2D eigenvalue weighted by atomic mass is 10.2. The van der Waals surface area contributed by atoms with Crippen molar-refractivity contribution in [1.82, 2.24) is 5.32 Å². The van der Waals surface area contributed by atoms with Crippen LogP contribution in [-0.4, -0.2) is 6.54 Å². The zero-order valence-electron chi connectivity index (χ0n) is 8.71. The van der Waals surface area contributed by atoms with Gasteiger partial charge in [-0.2, -0.15) is 5.26 Å². The smallest absolute Gasteiger partial charge is 0.0635 e. The molecule has 14 heavy (non-hydrogen) atoms. The van der Waals surface area contributed by atoms with E-state index in [1.165, 1.54) is 9.75 Å². The van der Waals surface area contributed by atoms with Crippen LogP contribution in [0.15, 0.2) is 12.1 Å². The summed E-state index contributed by atoms with van der Waals surface area (Å²) in [4.78, 5) is 2.79. The van der Waals surface area contributed by atoms with E-state index in [0.29, 0.717) is 12.5 Å². The Morgan fingerprint density at radius 3 is 2.93 bits per heavy atom. The number of nitriles is 1. The van der Waals surface area contributed by atoms with Crippen molar-refractivity contribution in [2.75, 3.05) is 6.54 Å². The third-order valence-electron chi connectivity index (χ3n) is 2.15. The second-order valence-corrected chi connectivity index (χ2v) is 4.44. The number of nitrogens with one attached hydrogen (secondary N) is 1. The molecular formula is C11H16N2S. The summed E-state index contributed by atoms with van der Waals surface area (Å²) >= 11 is 1.85. The van der Waals surface area contributed by atoms with Gasteiger partial charge in [0.25, 0.3) is 0 Å². The molecule has 1 aromatic rings. The van der Waals surface area contributed by atoms with Gasteiger partial charge in [-0.05, 0) is 25.5 Å². The number of rotatable bonds is 5. The molecule has 1 heterocycles. The molecule has 1 unspecified atom stereocenters. The maximum absolute atomic E-state index is 8.40. The lowest BCUT2D eigenvalue weighted by molar-refractivity contribution is 0.591. The first kappa shape index (κ1) is 11.2. The molecular weight excluding hydrogens is 192 g/mol. The van der Waals surface area contributed by atoms with E-state index in [-0.39, 0.29) is 0 Å². The van der Waals surface area contributed by atoms with Gasteiger partial charge in [0.05, 0.1) is 6.07 Å². The van der Waals surface area contributed by atoms with E-state index >= 15 is 0 Å². The fourth-order valence-electron chi connectivity index (χ4n) is 1.26. The van der Waals surface area contributed by atoms with Crippen LogP contribution in [0.2, 0.25) is 0 Å². The monoisotopic (exact) mass is 208 g/mol. The molecule has 2 nitrogen and oxygen atoms in total. The molecule has 1 rings (SSSR count). The van der Waals surface area contributed by atoms with Gasteiger partial charge in [0, 0.05) is 28.8 Å². The predicted molar refractivity (Wildman–Crippen MR) is 60.3 cm³/mol. The Morgan fingerprint density at radius 2 is 2.36 bits per heavy atom. The minimum absolute atomic E-state index is 0.369. The van der Waals surface area contributed by atoms with Crippen molar-refractivity contribution in [3.63, 3.8) is 0 Å². The van der Waals surface area contributed by atoms with E-state index in [9.17, 15) is 0 Å². The molecule has 1 N–H and O–H groups in total. The maximum atomic E-state index is 8.40. The van der Waals surface area contributed by atoms with E-state index in [0.717, 1.165) is 13.0 Å². The van der Waals surface area contributed by atoms with Gasteiger partial charge < -0.3 is 5.32 Å². The van der Waals surface area contributed by atoms with E-state index in [1.54, 1.807) is 0 Å². The Balaban J connectivity index is 2.44. The van der Waals surface area contributed by atoms with Crippen molar-refractivity contribution in [3.8, 4) is 6.07 Å². The third-order valence-corrected chi connectivity index (χ3v) is 3.56. The molecule has 0 fully saturated rings. The van der Waals surface area contributed by atoms with Crippen LogP contribution < -0.4 is 5.32 Å². The summed E-state index contributed by atoms with van der Waals surface area (Å²) in [7, 11) is 0. The Kier molecular flexibility index (Phi) is 4.64. The van der Waals surface area contributed by atoms with Gasteiger partial charge in [0.2, 0.25) is 0 Å².